The summed E-state index contributed by atoms with van der Waals surface area (Å²) in [5, 5.41) is 4.51. The van der Waals surface area contributed by atoms with E-state index in [1.165, 1.54) is 0 Å². The Bertz CT molecular complexity index is 748. The van der Waals surface area contributed by atoms with Crippen LogP contribution < -0.4 is 5.32 Å². The third kappa shape index (κ3) is 3.72. The van der Waals surface area contributed by atoms with Gasteiger partial charge in [-0.2, -0.15) is 0 Å². The molecule has 2 unspecified atom stereocenters. The molecule has 2 bridgehead atoms. The highest BCUT2D eigenvalue weighted by Crippen LogP contribution is 2.33. The van der Waals surface area contributed by atoms with Gasteiger partial charge in [0, 0.05) is 36.1 Å². The van der Waals surface area contributed by atoms with Gasteiger partial charge in [-0.25, -0.2) is 0 Å². The van der Waals surface area contributed by atoms with Crippen LogP contribution in [0.25, 0.3) is 11.0 Å². The minimum atomic E-state index is 0. The summed E-state index contributed by atoms with van der Waals surface area (Å²) < 4.78 is 6.04. The summed E-state index contributed by atoms with van der Waals surface area (Å²) in [6.45, 7) is 2.60. The van der Waals surface area contributed by atoms with E-state index in [1.54, 1.807) is 0 Å². The molecule has 0 spiro atoms. The average molecular weight is 400 g/mol. The first-order chi connectivity index (χ1) is 11.6. The summed E-state index contributed by atoms with van der Waals surface area (Å²) in [6, 6.07) is 8.60. The lowest BCUT2D eigenvalue weighted by molar-refractivity contribution is 0.0647. The average Bonchev–Trinajstić information content (AvgIpc) is 3.03. The second-order valence-corrected chi connectivity index (χ2v) is 7.23. The second kappa shape index (κ2) is 8.61. The minimum Gasteiger partial charge on any atom is -0.451 e. The Labute approximate surface area is 166 Å². The molecule has 1 N–H and O–H groups in total. The zero-order chi connectivity index (χ0) is 16.7. The molecule has 2 aliphatic heterocycles. The van der Waals surface area contributed by atoms with Crippen LogP contribution >= 0.6 is 24.8 Å². The van der Waals surface area contributed by atoms with Gasteiger partial charge in [0.1, 0.15) is 5.58 Å². The number of hydrogen-bond acceptors (Lipinski definition) is 4. The Morgan fingerprint density at radius 3 is 2.69 bits per heavy atom. The van der Waals surface area contributed by atoms with Gasteiger partial charge >= 0.3 is 0 Å². The molecule has 0 saturated carbocycles. The van der Waals surface area contributed by atoms with Crippen molar-refractivity contribution in [2.75, 3.05) is 27.2 Å². The van der Waals surface area contributed by atoms with Crippen LogP contribution in [-0.2, 0) is 6.54 Å². The standard InChI is InChI=1S/C19H25N3O2.2ClH/c1-21(2)12-16-15-5-3-4-6-17(15)24-18(16)19(23)22-13-7-8-14(22)11-20-10-9-13;;/h3-6,13-14,20H,7-12H2,1-2H3;2*1H. The number of rotatable bonds is 3. The number of nitrogens with zero attached hydrogens (tertiary/aromatic N) is 2. The number of halogens is 2. The second-order valence-electron chi connectivity index (χ2n) is 7.23. The zero-order valence-corrected chi connectivity index (χ0v) is 16.9. The third-order valence-electron chi connectivity index (χ3n) is 5.26. The van der Waals surface area contributed by atoms with Crippen LogP contribution in [0.3, 0.4) is 0 Å². The molecule has 2 atom stereocenters. The van der Waals surface area contributed by atoms with Crippen LogP contribution in [0.5, 0.6) is 0 Å². The van der Waals surface area contributed by atoms with E-state index >= 15 is 0 Å². The van der Waals surface area contributed by atoms with Crippen LogP contribution in [-0.4, -0.2) is 55.0 Å². The molecule has 3 heterocycles. The minimum absolute atomic E-state index is 0. The van der Waals surface area contributed by atoms with Crippen LogP contribution in [0.1, 0.15) is 35.4 Å². The monoisotopic (exact) mass is 399 g/mol. The van der Waals surface area contributed by atoms with Crippen molar-refractivity contribution in [3.8, 4) is 0 Å². The van der Waals surface area contributed by atoms with Crippen LogP contribution in [0.2, 0.25) is 0 Å². The smallest absolute Gasteiger partial charge is 0.290 e. The van der Waals surface area contributed by atoms with Crippen molar-refractivity contribution in [2.24, 2.45) is 0 Å². The fraction of sp³-hybridized carbons (Fsp3) is 0.526. The Balaban J connectivity index is 0.00000121. The number of carbonyl (C=O) groups is 1. The molecule has 26 heavy (non-hydrogen) atoms. The molecule has 1 aromatic heterocycles. The summed E-state index contributed by atoms with van der Waals surface area (Å²) in [6.07, 6.45) is 3.24. The van der Waals surface area contributed by atoms with E-state index in [1.807, 2.05) is 38.4 Å². The van der Waals surface area contributed by atoms with Gasteiger partial charge in [0.05, 0.1) is 0 Å². The van der Waals surface area contributed by atoms with Crippen molar-refractivity contribution < 1.29 is 9.21 Å². The highest BCUT2D eigenvalue weighted by atomic mass is 35.5. The summed E-state index contributed by atoms with van der Waals surface area (Å²) in [5.41, 5.74) is 1.82. The molecular weight excluding hydrogens is 373 g/mol. The topological polar surface area (TPSA) is 48.7 Å². The highest BCUT2D eigenvalue weighted by molar-refractivity contribution is 5.99. The lowest BCUT2D eigenvalue weighted by atomic mass is 10.1. The summed E-state index contributed by atoms with van der Waals surface area (Å²) in [7, 11) is 4.05. The molecule has 2 aliphatic rings. The SMILES string of the molecule is CN(C)Cc1c(C(=O)N2C3CCNCC2CC3)oc2ccccc12.Cl.Cl. The molecule has 1 aromatic carbocycles. The van der Waals surface area contributed by atoms with Crippen LogP contribution in [0.15, 0.2) is 28.7 Å². The molecule has 2 fully saturated rings. The number of hydrogen-bond donors (Lipinski definition) is 1. The lowest BCUT2D eigenvalue weighted by Crippen LogP contribution is -2.42. The van der Waals surface area contributed by atoms with Crippen molar-refractivity contribution in [1.82, 2.24) is 15.1 Å². The predicted molar refractivity (Wildman–Crippen MR) is 109 cm³/mol. The number of fused-ring (bicyclic) bond motifs is 3. The van der Waals surface area contributed by atoms with Crippen molar-refractivity contribution >= 4 is 41.7 Å². The Hall–Kier alpha value is -1.27. The molecule has 144 valence electrons. The molecule has 0 aliphatic carbocycles. The first kappa shape index (κ1) is 21.0. The third-order valence-corrected chi connectivity index (χ3v) is 5.26. The summed E-state index contributed by atoms with van der Waals surface area (Å²) in [5.74, 6) is 0.600. The highest BCUT2D eigenvalue weighted by Gasteiger charge is 2.40. The normalized spacial score (nSPS) is 22.0. The maximum Gasteiger partial charge on any atom is 0.290 e. The van der Waals surface area contributed by atoms with Crippen LogP contribution in [0.4, 0.5) is 0 Å². The molecule has 5 nitrogen and oxygen atoms in total. The number of carbonyl (C=O) groups excluding carboxylic acids is 1. The molecule has 7 heteroatoms. The zero-order valence-electron chi connectivity index (χ0n) is 15.2. The molecule has 1 amide bonds. The van der Waals surface area contributed by atoms with Crippen molar-refractivity contribution in [3.63, 3.8) is 0 Å². The van der Waals surface area contributed by atoms with Crippen molar-refractivity contribution in [2.45, 2.75) is 37.9 Å². The van der Waals surface area contributed by atoms with Crippen molar-refractivity contribution in [3.05, 3.63) is 35.6 Å². The quantitative estimate of drug-likeness (QED) is 0.859. The van der Waals surface area contributed by atoms with E-state index in [0.29, 0.717) is 24.4 Å². The van der Waals surface area contributed by atoms with Gasteiger partial charge < -0.3 is 19.5 Å². The van der Waals surface area contributed by atoms with E-state index in [9.17, 15) is 4.79 Å². The number of benzene rings is 1. The van der Waals surface area contributed by atoms with E-state index in [4.69, 9.17) is 4.42 Å². The van der Waals surface area contributed by atoms with Gasteiger partial charge in [0.25, 0.3) is 5.91 Å². The van der Waals surface area contributed by atoms with Gasteiger partial charge in [-0.15, -0.1) is 24.8 Å². The van der Waals surface area contributed by atoms with Gasteiger partial charge in [-0.05, 0) is 46.0 Å². The van der Waals surface area contributed by atoms with E-state index in [0.717, 1.165) is 48.9 Å². The Morgan fingerprint density at radius 1 is 1.19 bits per heavy atom. The van der Waals surface area contributed by atoms with Gasteiger partial charge in [0.15, 0.2) is 5.76 Å². The van der Waals surface area contributed by atoms with E-state index < -0.39 is 0 Å². The molecule has 2 aromatic rings. The van der Waals surface area contributed by atoms with Gasteiger partial charge in [-0.3, -0.25) is 4.79 Å². The summed E-state index contributed by atoms with van der Waals surface area (Å²) >= 11 is 0. The fourth-order valence-corrected chi connectivity index (χ4v) is 4.18. The Kier molecular flexibility index (Phi) is 6.97. The number of nitrogens with one attached hydrogen (secondary N) is 1. The summed E-state index contributed by atoms with van der Waals surface area (Å²) in [4.78, 5) is 17.6. The van der Waals surface area contributed by atoms with E-state index in [2.05, 4.69) is 15.1 Å². The number of para-hydroxylation sites is 1. The molecule has 0 radical (unpaired) electrons. The largest absolute Gasteiger partial charge is 0.451 e. The molecule has 2 saturated heterocycles. The van der Waals surface area contributed by atoms with Gasteiger partial charge in [-0.1, -0.05) is 18.2 Å². The first-order valence-electron chi connectivity index (χ1n) is 8.83. The maximum atomic E-state index is 13.4. The number of amides is 1. The predicted octanol–water partition coefficient (Wildman–Crippen LogP) is 3.30. The van der Waals surface area contributed by atoms with Gasteiger partial charge in [0.2, 0.25) is 0 Å². The number of furan rings is 1. The fourth-order valence-electron chi connectivity index (χ4n) is 4.18. The van der Waals surface area contributed by atoms with Crippen molar-refractivity contribution in [1.29, 1.82) is 0 Å². The Morgan fingerprint density at radius 2 is 1.92 bits per heavy atom. The molecule has 4 rings (SSSR count). The van der Waals surface area contributed by atoms with E-state index in [-0.39, 0.29) is 30.7 Å². The first-order valence-corrected chi connectivity index (χ1v) is 8.83. The van der Waals surface area contributed by atoms with Crippen LogP contribution in [0, 0.1) is 0 Å². The maximum absolute atomic E-state index is 13.4. The lowest BCUT2D eigenvalue weighted by Gasteiger charge is -2.27. The molecular formula is C19H27Cl2N3O2.